The van der Waals surface area contributed by atoms with Crippen molar-refractivity contribution in [2.24, 2.45) is 0 Å². The van der Waals surface area contributed by atoms with Crippen LogP contribution in [0.2, 0.25) is 0 Å². The first-order chi connectivity index (χ1) is 18.8. The zero-order valence-corrected chi connectivity index (χ0v) is 21.5. The molecule has 3 atom stereocenters. The van der Waals surface area contributed by atoms with Gasteiger partial charge in [0.25, 0.3) is 11.8 Å². The van der Waals surface area contributed by atoms with Crippen molar-refractivity contribution in [1.82, 2.24) is 5.32 Å². The van der Waals surface area contributed by atoms with E-state index in [9.17, 15) is 43.8 Å². The highest BCUT2D eigenvalue weighted by atomic mass is 16.6. The lowest BCUT2D eigenvalue weighted by Gasteiger charge is -2.26. The van der Waals surface area contributed by atoms with Crippen LogP contribution >= 0.6 is 0 Å². The van der Waals surface area contributed by atoms with Gasteiger partial charge in [-0.3, -0.25) is 19.2 Å². The molecule has 0 radical (unpaired) electrons. The molecule has 0 aliphatic heterocycles. The van der Waals surface area contributed by atoms with Crippen LogP contribution in [0, 0.1) is 0 Å². The number of ether oxygens (including phenoxy) is 3. The van der Waals surface area contributed by atoms with Gasteiger partial charge in [0.1, 0.15) is 6.04 Å². The quantitative estimate of drug-likeness (QED) is 0.210. The van der Waals surface area contributed by atoms with E-state index < -0.39 is 71.0 Å². The number of hydrogen-bond acceptors (Lipinski definition) is 10. The summed E-state index contributed by atoms with van der Waals surface area (Å²) in [5.74, 6) is -8.45. The van der Waals surface area contributed by atoms with Crippen LogP contribution < -0.4 is 10.6 Å². The van der Waals surface area contributed by atoms with Crippen molar-refractivity contribution in [2.75, 3.05) is 12.4 Å². The molecule has 0 aliphatic rings. The van der Waals surface area contributed by atoms with Gasteiger partial charge in [0.2, 0.25) is 12.2 Å². The minimum atomic E-state index is -2.14. The van der Waals surface area contributed by atoms with Crippen molar-refractivity contribution in [3.8, 4) is 0 Å². The molecule has 2 amide bonds. The predicted octanol–water partition coefficient (Wildman–Crippen LogP) is 0.785. The first-order valence-electron chi connectivity index (χ1n) is 11.5. The highest BCUT2D eigenvalue weighted by Crippen LogP contribution is 2.18. The number of nitrogens with one attached hydrogen (secondary N) is 2. The molecule has 0 saturated heterocycles. The normalized spacial score (nSPS) is 12.6. The van der Waals surface area contributed by atoms with Crippen LogP contribution in [0.25, 0.3) is 0 Å². The van der Waals surface area contributed by atoms with Gasteiger partial charge in [-0.1, -0.05) is 30.3 Å². The van der Waals surface area contributed by atoms with Crippen LogP contribution in [0.3, 0.4) is 0 Å². The lowest BCUT2D eigenvalue weighted by atomic mass is 10.0. The van der Waals surface area contributed by atoms with E-state index in [4.69, 9.17) is 14.2 Å². The highest BCUT2D eigenvalue weighted by Gasteiger charge is 2.41. The molecular formula is C26H26N2O12. The number of amides is 2. The minimum Gasteiger partial charge on any atom is -0.478 e. The average Bonchev–Trinajstić information content (AvgIpc) is 2.89. The lowest BCUT2D eigenvalue weighted by Crippen LogP contribution is -2.55. The summed E-state index contributed by atoms with van der Waals surface area (Å²) < 4.78 is 14.7. The second-order valence-corrected chi connectivity index (χ2v) is 8.23. The third-order valence-electron chi connectivity index (χ3n) is 5.16. The van der Waals surface area contributed by atoms with Crippen molar-refractivity contribution >= 4 is 47.3 Å². The summed E-state index contributed by atoms with van der Waals surface area (Å²) in [6.45, 7) is 1.82. The molecule has 0 aromatic heterocycles. The summed E-state index contributed by atoms with van der Waals surface area (Å²) in [5, 5.41) is 23.0. The summed E-state index contributed by atoms with van der Waals surface area (Å²) in [6.07, 6.45) is -4.31. The molecule has 212 valence electrons. The lowest BCUT2D eigenvalue weighted by molar-refractivity contribution is -0.173. The van der Waals surface area contributed by atoms with E-state index in [1.165, 1.54) is 0 Å². The number of carboxylic acid groups (broad SMARTS) is 2. The van der Waals surface area contributed by atoms with E-state index in [1.807, 2.05) is 0 Å². The molecule has 0 fully saturated rings. The first kappa shape index (κ1) is 31.0. The van der Waals surface area contributed by atoms with Crippen molar-refractivity contribution in [3.63, 3.8) is 0 Å². The average molecular weight is 558 g/mol. The predicted molar refractivity (Wildman–Crippen MR) is 134 cm³/mol. The largest absolute Gasteiger partial charge is 0.478 e. The van der Waals surface area contributed by atoms with Gasteiger partial charge < -0.3 is 35.1 Å². The number of carboxylic acids is 2. The van der Waals surface area contributed by atoms with Gasteiger partial charge in [-0.25, -0.2) is 14.4 Å². The van der Waals surface area contributed by atoms with Crippen molar-refractivity contribution < 1.29 is 58.0 Å². The number of aromatic carboxylic acids is 2. The molecule has 0 saturated carbocycles. The van der Waals surface area contributed by atoms with Crippen LogP contribution in [-0.4, -0.2) is 77.2 Å². The maximum Gasteiger partial charge on any atom is 0.335 e. The van der Waals surface area contributed by atoms with Crippen molar-refractivity contribution in [3.05, 3.63) is 65.2 Å². The van der Waals surface area contributed by atoms with Crippen LogP contribution in [0.15, 0.2) is 48.5 Å². The van der Waals surface area contributed by atoms with Gasteiger partial charge in [0, 0.05) is 26.0 Å². The number of rotatable bonds is 12. The Hall–Kier alpha value is -5.27. The molecule has 0 aliphatic carbocycles. The van der Waals surface area contributed by atoms with Crippen LogP contribution in [-0.2, 0) is 44.6 Å². The van der Waals surface area contributed by atoms with E-state index in [1.54, 1.807) is 30.3 Å². The summed E-state index contributed by atoms with van der Waals surface area (Å²) in [6, 6.07) is 9.88. The topological polar surface area (TPSA) is 212 Å². The fourth-order valence-corrected chi connectivity index (χ4v) is 3.46. The number of carbonyl (C=O) groups excluding carboxylic acids is 5. The number of esters is 3. The number of methoxy groups -OCH3 is 1. The second-order valence-electron chi connectivity index (χ2n) is 8.23. The van der Waals surface area contributed by atoms with Crippen LogP contribution in [0.1, 0.15) is 40.1 Å². The number of hydrogen-bond donors (Lipinski definition) is 4. The molecular weight excluding hydrogens is 532 g/mol. The van der Waals surface area contributed by atoms with Gasteiger partial charge in [0.05, 0.1) is 18.2 Å². The molecule has 4 N–H and O–H groups in total. The van der Waals surface area contributed by atoms with Crippen LogP contribution in [0.4, 0.5) is 5.69 Å². The fraction of sp³-hybridized carbons (Fsp3) is 0.269. The summed E-state index contributed by atoms with van der Waals surface area (Å²) in [5.41, 5.74) is -0.687. The number of benzene rings is 2. The van der Waals surface area contributed by atoms with Gasteiger partial charge in [-0.05, 0) is 23.8 Å². The molecule has 3 unspecified atom stereocenters. The standard InChI is InChI=1S/C26H26N2O12/c1-13(29)39-20(22(31)27-18-11-16(24(33)34)10-17(12-18)25(35)36)21(40-14(2)30)23(32)28-19(26(37)38-3)9-15-7-5-4-6-8-15/h4-8,10-12,19-21H,9H2,1-3H3,(H,27,31)(H,28,32)(H,33,34)(H,35,36). The van der Waals surface area contributed by atoms with E-state index >= 15 is 0 Å². The van der Waals surface area contributed by atoms with E-state index in [0.717, 1.165) is 39.2 Å². The number of carbonyl (C=O) groups is 7. The Balaban J connectivity index is 2.43. The van der Waals surface area contributed by atoms with Gasteiger partial charge in [0.15, 0.2) is 0 Å². The monoisotopic (exact) mass is 558 g/mol. The van der Waals surface area contributed by atoms with Crippen LogP contribution in [0.5, 0.6) is 0 Å². The van der Waals surface area contributed by atoms with E-state index in [-0.39, 0.29) is 12.1 Å². The summed E-state index contributed by atoms with van der Waals surface area (Å²) in [7, 11) is 1.09. The Morgan fingerprint density at radius 1 is 0.775 bits per heavy atom. The first-order valence-corrected chi connectivity index (χ1v) is 11.5. The molecule has 0 heterocycles. The molecule has 14 nitrogen and oxygen atoms in total. The molecule has 0 bridgehead atoms. The SMILES string of the molecule is COC(=O)C(Cc1ccccc1)NC(=O)C(OC(C)=O)C(OC(C)=O)C(=O)Nc1cc(C(=O)O)cc(C(=O)O)c1. The van der Waals surface area contributed by atoms with Gasteiger partial charge in [-0.15, -0.1) is 0 Å². The third-order valence-corrected chi connectivity index (χ3v) is 5.16. The van der Waals surface area contributed by atoms with Gasteiger partial charge in [-0.2, -0.15) is 0 Å². The number of anilines is 1. The summed E-state index contributed by atoms with van der Waals surface area (Å²) in [4.78, 5) is 85.3. The molecule has 0 spiro atoms. The second kappa shape index (κ2) is 14.0. The molecule has 2 aromatic rings. The Labute approximate surface area is 227 Å². The molecule has 2 aromatic carbocycles. The minimum absolute atomic E-state index is 0.0452. The smallest absolute Gasteiger partial charge is 0.335 e. The van der Waals surface area contributed by atoms with Crippen molar-refractivity contribution in [2.45, 2.75) is 38.5 Å². The summed E-state index contributed by atoms with van der Waals surface area (Å²) >= 11 is 0. The molecule has 40 heavy (non-hydrogen) atoms. The maximum absolute atomic E-state index is 13.2. The molecule has 14 heteroatoms. The zero-order valence-electron chi connectivity index (χ0n) is 21.5. The molecule has 2 rings (SSSR count). The van der Waals surface area contributed by atoms with Crippen molar-refractivity contribution in [1.29, 1.82) is 0 Å². The van der Waals surface area contributed by atoms with Gasteiger partial charge >= 0.3 is 29.8 Å². The Morgan fingerprint density at radius 3 is 1.73 bits per heavy atom. The Bertz CT molecular complexity index is 1280. The Kier molecular flexibility index (Phi) is 10.9. The maximum atomic E-state index is 13.2. The zero-order chi connectivity index (χ0) is 30.0. The fourth-order valence-electron chi connectivity index (χ4n) is 3.46. The Morgan fingerprint density at radius 2 is 1.27 bits per heavy atom. The van der Waals surface area contributed by atoms with E-state index in [0.29, 0.717) is 5.56 Å². The van der Waals surface area contributed by atoms with E-state index in [2.05, 4.69) is 10.6 Å². The third kappa shape index (κ3) is 8.93. The highest BCUT2D eigenvalue weighted by molar-refractivity contribution is 6.03.